The van der Waals surface area contributed by atoms with E-state index < -0.39 is 15.6 Å². The average molecular weight is 509 g/mol. The van der Waals surface area contributed by atoms with Gasteiger partial charge in [0.25, 0.3) is 0 Å². The van der Waals surface area contributed by atoms with Gasteiger partial charge in [0.15, 0.2) is 5.96 Å². The van der Waals surface area contributed by atoms with Gasteiger partial charge in [-0.25, -0.2) is 13.1 Å². The number of nitrogens with one attached hydrogen (secondary N) is 3. The minimum absolute atomic E-state index is 0. The van der Waals surface area contributed by atoms with Gasteiger partial charge in [-0.15, -0.1) is 24.0 Å². The van der Waals surface area contributed by atoms with Gasteiger partial charge >= 0.3 is 0 Å². The number of halogens is 1. The van der Waals surface area contributed by atoms with Gasteiger partial charge in [0.2, 0.25) is 10.0 Å². The number of hydrogen-bond donors (Lipinski definition) is 3. The van der Waals surface area contributed by atoms with Crippen LogP contribution in [0.15, 0.2) is 35.3 Å². The van der Waals surface area contributed by atoms with Crippen molar-refractivity contribution in [2.24, 2.45) is 4.99 Å². The van der Waals surface area contributed by atoms with Crippen LogP contribution in [0.5, 0.6) is 0 Å². The molecule has 0 aromatic heterocycles. The number of aliphatic imine (C=N–C) groups is 1. The zero-order chi connectivity index (χ0) is 19.2. The second-order valence-electron chi connectivity index (χ2n) is 7.45. The summed E-state index contributed by atoms with van der Waals surface area (Å²) >= 11 is 0. The van der Waals surface area contributed by atoms with Crippen LogP contribution in [0.3, 0.4) is 0 Å². The molecule has 7 nitrogen and oxygen atoms in total. The lowest BCUT2D eigenvalue weighted by molar-refractivity contribution is 0.436. The van der Waals surface area contributed by atoms with Crippen molar-refractivity contribution in [3.63, 3.8) is 0 Å². The van der Waals surface area contributed by atoms with E-state index in [1.54, 1.807) is 7.05 Å². The number of guanidine groups is 1. The monoisotopic (exact) mass is 509 g/mol. The third-order valence-corrected chi connectivity index (χ3v) is 5.19. The van der Waals surface area contributed by atoms with Crippen molar-refractivity contribution in [3.8, 4) is 0 Å². The maximum atomic E-state index is 11.5. The summed E-state index contributed by atoms with van der Waals surface area (Å²) in [6.07, 6.45) is 3.36. The van der Waals surface area contributed by atoms with Crippen LogP contribution < -0.4 is 20.3 Å². The molecule has 1 aromatic rings. The Bertz CT molecular complexity index is 710. The second-order valence-corrected chi connectivity index (χ2v) is 9.20. The Balaban J connectivity index is 0.00000364. The number of benzene rings is 1. The van der Waals surface area contributed by atoms with Crippen LogP contribution in [0.2, 0.25) is 0 Å². The van der Waals surface area contributed by atoms with Crippen LogP contribution in [-0.4, -0.2) is 58.9 Å². The van der Waals surface area contributed by atoms with Crippen molar-refractivity contribution in [3.05, 3.63) is 30.3 Å². The topological polar surface area (TPSA) is 85.8 Å². The molecule has 1 unspecified atom stereocenters. The van der Waals surface area contributed by atoms with E-state index in [1.807, 2.05) is 19.9 Å². The van der Waals surface area contributed by atoms with E-state index in [0.29, 0.717) is 18.5 Å². The predicted molar refractivity (Wildman–Crippen MR) is 124 cm³/mol. The molecule has 0 saturated carbocycles. The zero-order valence-electron chi connectivity index (χ0n) is 16.5. The molecule has 0 bridgehead atoms. The van der Waals surface area contributed by atoms with Gasteiger partial charge in [-0.05, 0) is 38.8 Å². The summed E-state index contributed by atoms with van der Waals surface area (Å²) in [5.41, 5.74) is 0.633. The molecule has 3 N–H and O–H groups in total. The van der Waals surface area contributed by atoms with Crippen molar-refractivity contribution in [1.82, 2.24) is 15.4 Å². The largest absolute Gasteiger partial charge is 0.369 e. The molecule has 2 rings (SSSR count). The van der Waals surface area contributed by atoms with Crippen molar-refractivity contribution < 1.29 is 8.42 Å². The first-order valence-electron chi connectivity index (χ1n) is 8.95. The zero-order valence-corrected chi connectivity index (χ0v) is 19.7. The quantitative estimate of drug-likeness (QED) is 0.309. The van der Waals surface area contributed by atoms with Crippen molar-refractivity contribution in [2.75, 3.05) is 37.8 Å². The van der Waals surface area contributed by atoms with Crippen molar-refractivity contribution in [2.45, 2.75) is 38.3 Å². The molecule has 1 heterocycles. The lowest BCUT2D eigenvalue weighted by Crippen LogP contribution is -2.56. The Morgan fingerprint density at radius 3 is 2.56 bits per heavy atom. The van der Waals surface area contributed by atoms with Crippen LogP contribution in [0.1, 0.15) is 26.7 Å². The molecule has 0 radical (unpaired) electrons. The first kappa shape index (κ1) is 24.0. The summed E-state index contributed by atoms with van der Waals surface area (Å²) in [5, 5.41) is 6.69. The summed E-state index contributed by atoms with van der Waals surface area (Å²) < 4.78 is 25.5. The number of nitrogens with zero attached hydrogens (tertiary/aromatic N) is 2. The fourth-order valence-electron chi connectivity index (χ4n) is 3.20. The number of hydrogen-bond acceptors (Lipinski definition) is 4. The number of anilines is 1. The van der Waals surface area contributed by atoms with Crippen LogP contribution in [0.25, 0.3) is 0 Å². The normalized spacial score (nSPS) is 18.6. The van der Waals surface area contributed by atoms with E-state index in [1.165, 1.54) is 11.9 Å². The van der Waals surface area contributed by atoms with Crippen LogP contribution in [-0.2, 0) is 10.0 Å². The lowest BCUT2D eigenvalue weighted by atomic mass is 10.0. The highest BCUT2D eigenvalue weighted by Gasteiger charge is 2.24. The highest BCUT2D eigenvalue weighted by atomic mass is 127. The third kappa shape index (κ3) is 8.65. The molecule has 1 aliphatic heterocycles. The maximum absolute atomic E-state index is 11.5. The van der Waals surface area contributed by atoms with Crippen molar-refractivity contribution >= 4 is 45.6 Å². The van der Waals surface area contributed by atoms with Gasteiger partial charge in [-0.1, -0.05) is 18.2 Å². The van der Waals surface area contributed by atoms with E-state index in [9.17, 15) is 8.42 Å². The molecule has 1 aromatic carbocycles. The highest BCUT2D eigenvalue weighted by molar-refractivity contribution is 14.0. The Morgan fingerprint density at radius 1 is 1.30 bits per heavy atom. The molecule has 154 valence electrons. The number of sulfonamides is 1. The molecule has 0 amide bonds. The summed E-state index contributed by atoms with van der Waals surface area (Å²) in [4.78, 5) is 6.66. The minimum Gasteiger partial charge on any atom is -0.369 e. The first-order valence-corrected chi connectivity index (χ1v) is 10.8. The fraction of sp³-hybridized carbons (Fsp3) is 0.611. The Morgan fingerprint density at radius 2 is 1.96 bits per heavy atom. The molecule has 1 aliphatic rings. The van der Waals surface area contributed by atoms with E-state index in [0.717, 1.165) is 25.9 Å². The van der Waals surface area contributed by atoms with E-state index >= 15 is 0 Å². The highest BCUT2D eigenvalue weighted by Crippen LogP contribution is 2.19. The Labute approximate surface area is 180 Å². The van der Waals surface area contributed by atoms with Gasteiger partial charge < -0.3 is 15.5 Å². The average Bonchev–Trinajstić information content (AvgIpc) is 2.57. The van der Waals surface area contributed by atoms with Gasteiger partial charge in [0.05, 0.1) is 6.26 Å². The summed E-state index contributed by atoms with van der Waals surface area (Å²) in [5.74, 6) is 0.688. The van der Waals surface area contributed by atoms with Gasteiger partial charge in [-0.2, -0.15) is 0 Å². The molecule has 1 atom stereocenters. The van der Waals surface area contributed by atoms with Gasteiger partial charge in [0.1, 0.15) is 0 Å². The number of piperidine rings is 1. The van der Waals surface area contributed by atoms with Gasteiger partial charge in [-0.3, -0.25) is 4.99 Å². The van der Waals surface area contributed by atoms with Crippen molar-refractivity contribution in [1.29, 1.82) is 0 Å². The standard InChI is InChI=1S/C18H31N5O2S.HI/c1-18(2,22-26(4,24)25)14-20-17(19-3)21-15-9-8-12-23(13-15)16-10-6-5-7-11-16;/h5-7,10-11,15,22H,8-9,12-14H2,1-4H3,(H2,19,20,21);1H. The summed E-state index contributed by atoms with van der Waals surface area (Å²) in [6, 6.07) is 10.7. The molecule has 1 saturated heterocycles. The molecule has 9 heteroatoms. The van der Waals surface area contributed by atoms with Gasteiger partial charge in [0, 0.05) is 44.0 Å². The summed E-state index contributed by atoms with van der Waals surface area (Å²) in [6.45, 7) is 6.09. The molecular weight excluding hydrogens is 477 g/mol. The molecule has 0 aliphatic carbocycles. The van der Waals surface area contributed by atoms with E-state index in [2.05, 4.69) is 49.5 Å². The first-order chi connectivity index (χ1) is 12.2. The SMILES string of the molecule is CN=C(NCC(C)(C)NS(C)(=O)=O)NC1CCCN(c2ccccc2)C1.I. The molecule has 0 spiro atoms. The van der Waals surface area contributed by atoms with Crippen LogP contribution >= 0.6 is 24.0 Å². The Kier molecular flexibility index (Phi) is 9.29. The minimum atomic E-state index is -3.26. The van der Waals surface area contributed by atoms with E-state index in [4.69, 9.17) is 0 Å². The fourth-order valence-corrected chi connectivity index (χ4v) is 4.27. The lowest BCUT2D eigenvalue weighted by Gasteiger charge is -2.36. The molecular formula is C18H32IN5O2S. The van der Waals surface area contributed by atoms with Crippen LogP contribution in [0.4, 0.5) is 5.69 Å². The molecule has 1 fully saturated rings. The maximum Gasteiger partial charge on any atom is 0.209 e. The summed E-state index contributed by atoms with van der Waals surface area (Å²) in [7, 11) is -1.53. The third-order valence-electron chi connectivity index (χ3n) is 4.27. The Hall–Kier alpha value is -1.07. The smallest absolute Gasteiger partial charge is 0.209 e. The number of para-hydroxylation sites is 1. The van der Waals surface area contributed by atoms with E-state index in [-0.39, 0.29) is 24.0 Å². The number of rotatable bonds is 6. The van der Waals surface area contributed by atoms with Crippen LogP contribution in [0, 0.1) is 0 Å². The predicted octanol–water partition coefficient (Wildman–Crippen LogP) is 1.77. The second kappa shape index (κ2) is 10.5. The molecule has 27 heavy (non-hydrogen) atoms.